The monoisotopic (exact) mass is 275 g/mol. The Morgan fingerprint density at radius 2 is 2.15 bits per heavy atom. The average molecular weight is 275 g/mol. The molecule has 2 rings (SSSR count). The summed E-state index contributed by atoms with van der Waals surface area (Å²) >= 11 is 0. The molecule has 20 heavy (non-hydrogen) atoms. The van der Waals surface area contributed by atoms with Crippen molar-refractivity contribution in [3.8, 4) is 0 Å². The van der Waals surface area contributed by atoms with E-state index in [2.05, 4.69) is 41.4 Å². The first-order valence-corrected chi connectivity index (χ1v) is 7.46. The van der Waals surface area contributed by atoms with Crippen molar-refractivity contribution >= 4 is 5.91 Å². The van der Waals surface area contributed by atoms with Crippen LogP contribution in [-0.2, 0) is 11.3 Å². The standard InChI is InChI=1S/C16H25N3O/c1-13-11-15(18-16(20)7-9-17)8-10-19(13)12-14-5-3-2-4-6-14/h2-6,13,15H,7-12,17H2,1H3,(H,18,20). The van der Waals surface area contributed by atoms with Gasteiger partial charge in [0.1, 0.15) is 0 Å². The quantitative estimate of drug-likeness (QED) is 0.856. The van der Waals surface area contributed by atoms with E-state index in [0.717, 1.165) is 25.9 Å². The highest BCUT2D eigenvalue weighted by Gasteiger charge is 2.26. The van der Waals surface area contributed by atoms with E-state index in [1.807, 2.05) is 6.07 Å². The summed E-state index contributed by atoms with van der Waals surface area (Å²) in [5.74, 6) is 0.0845. The Labute approximate surface area is 121 Å². The maximum absolute atomic E-state index is 11.6. The van der Waals surface area contributed by atoms with Gasteiger partial charge < -0.3 is 11.1 Å². The summed E-state index contributed by atoms with van der Waals surface area (Å²) in [5.41, 5.74) is 6.75. The van der Waals surface area contributed by atoms with Crippen molar-refractivity contribution in [2.45, 2.75) is 44.8 Å². The minimum absolute atomic E-state index is 0.0845. The molecule has 1 heterocycles. The molecule has 1 fully saturated rings. The second-order valence-electron chi connectivity index (χ2n) is 5.63. The number of likely N-dealkylation sites (tertiary alicyclic amines) is 1. The molecule has 4 nitrogen and oxygen atoms in total. The first kappa shape index (κ1) is 15.0. The highest BCUT2D eigenvalue weighted by Crippen LogP contribution is 2.19. The fraction of sp³-hybridized carbons (Fsp3) is 0.562. The van der Waals surface area contributed by atoms with Crippen molar-refractivity contribution in [2.75, 3.05) is 13.1 Å². The number of amides is 1. The molecule has 0 saturated carbocycles. The first-order chi connectivity index (χ1) is 9.69. The summed E-state index contributed by atoms with van der Waals surface area (Å²) in [6.45, 7) is 4.69. The summed E-state index contributed by atoms with van der Waals surface area (Å²) in [5, 5.41) is 3.09. The molecule has 2 unspecified atom stereocenters. The van der Waals surface area contributed by atoms with Crippen molar-refractivity contribution in [2.24, 2.45) is 5.73 Å². The number of hydrogen-bond acceptors (Lipinski definition) is 3. The summed E-state index contributed by atoms with van der Waals surface area (Å²) in [7, 11) is 0. The van der Waals surface area contributed by atoms with Crippen LogP contribution in [0.1, 0.15) is 31.7 Å². The number of benzene rings is 1. The van der Waals surface area contributed by atoms with Crippen molar-refractivity contribution in [1.29, 1.82) is 0 Å². The van der Waals surface area contributed by atoms with Crippen molar-refractivity contribution < 1.29 is 4.79 Å². The average Bonchev–Trinajstić information content (AvgIpc) is 2.43. The Morgan fingerprint density at radius 3 is 2.80 bits per heavy atom. The number of carbonyl (C=O) groups is 1. The lowest BCUT2D eigenvalue weighted by Crippen LogP contribution is -2.48. The number of hydrogen-bond donors (Lipinski definition) is 2. The normalized spacial score (nSPS) is 23.5. The lowest BCUT2D eigenvalue weighted by Gasteiger charge is -2.38. The molecule has 0 bridgehead atoms. The Balaban J connectivity index is 1.82. The minimum Gasteiger partial charge on any atom is -0.353 e. The van der Waals surface area contributed by atoms with Crippen LogP contribution in [0.3, 0.4) is 0 Å². The predicted molar refractivity (Wildman–Crippen MR) is 81.2 cm³/mol. The highest BCUT2D eigenvalue weighted by atomic mass is 16.1. The number of nitrogens with two attached hydrogens (primary N) is 1. The van der Waals surface area contributed by atoms with Crippen LogP contribution in [0.4, 0.5) is 0 Å². The van der Waals surface area contributed by atoms with Crippen molar-refractivity contribution in [3.05, 3.63) is 35.9 Å². The van der Waals surface area contributed by atoms with Gasteiger partial charge in [0.15, 0.2) is 0 Å². The molecular weight excluding hydrogens is 250 g/mol. The van der Waals surface area contributed by atoms with E-state index in [-0.39, 0.29) is 5.91 Å². The third kappa shape index (κ3) is 4.32. The Hall–Kier alpha value is -1.39. The SMILES string of the molecule is CC1CC(NC(=O)CCN)CCN1Cc1ccccc1. The van der Waals surface area contributed by atoms with Crippen LogP contribution in [0, 0.1) is 0 Å². The third-order valence-electron chi connectivity index (χ3n) is 3.98. The summed E-state index contributed by atoms with van der Waals surface area (Å²) in [6, 6.07) is 11.3. The number of rotatable bonds is 5. The fourth-order valence-electron chi connectivity index (χ4n) is 2.84. The van der Waals surface area contributed by atoms with Gasteiger partial charge >= 0.3 is 0 Å². The van der Waals surface area contributed by atoms with E-state index in [9.17, 15) is 4.79 Å². The van der Waals surface area contributed by atoms with Gasteiger partial charge in [-0.15, -0.1) is 0 Å². The molecule has 0 spiro atoms. The van der Waals surface area contributed by atoms with Gasteiger partial charge in [-0.25, -0.2) is 0 Å². The molecule has 1 amide bonds. The molecule has 1 aliphatic heterocycles. The van der Waals surface area contributed by atoms with E-state index >= 15 is 0 Å². The van der Waals surface area contributed by atoms with Gasteiger partial charge in [0, 0.05) is 38.1 Å². The maximum Gasteiger partial charge on any atom is 0.221 e. The van der Waals surface area contributed by atoms with E-state index < -0.39 is 0 Å². The molecule has 4 heteroatoms. The molecule has 1 aromatic rings. The van der Waals surface area contributed by atoms with Crippen molar-refractivity contribution in [1.82, 2.24) is 10.2 Å². The second-order valence-corrected chi connectivity index (χ2v) is 5.63. The molecule has 1 aromatic carbocycles. The van der Waals surface area contributed by atoms with E-state index in [1.165, 1.54) is 5.56 Å². The number of piperidine rings is 1. The van der Waals surface area contributed by atoms with Crippen LogP contribution >= 0.6 is 0 Å². The zero-order valence-electron chi connectivity index (χ0n) is 12.2. The van der Waals surface area contributed by atoms with E-state index in [4.69, 9.17) is 5.73 Å². The van der Waals surface area contributed by atoms with Crippen molar-refractivity contribution in [3.63, 3.8) is 0 Å². The van der Waals surface area contributed by atoms with Gasteiger partial charge in [-0.2, -0.15) is 0 Å². The maximum atomic E-state index is 11.6. The lowest BCUT2D eigenvalue weighted by atomic mass is 9.97. The van der Waals surface area contributed by atoms with Gasteiger partial charge in [0.25, 0.3) is 0 Å². The molecule has 0 aliphatic carbocycles. The van der Waals surface area contributed by atoms with Gasteiger partial charge in [0.2, 0.25) is 5.91 Å². The number of nitrogens with zero attached hydrogens (tertiary/aromatic N) is 1. The largest absolute Gasteiger partial charge is 0.353 e. The van der Waals surface area contributed by atoms with Crippen LogP contribution < -0.4 is 11.1 Å². The molecule has 3 N–H and O–H groups in total. The number of nitrogens with one attached hydrogen (secondary N) is 1. The first-order valence-electron chi connectivity index (χ1n) is 7.46. The highest BCUT2D eigenvalue weighted by molar-refractivity contribution is 5.76. The van der Waals surface area contributed by atoms with Crippen LogP contribution in [-0.4, -0.2) is 36.0 Å². The zero-order chi connectivity index (χ0) is 14.4. The van der Waals surface area contributed by atoms with Gasteiger partial charge in [-0.3, -0.25) is 9.69 Å². The summed E-state index contributed by atoms with van der Waals surface area (Å²) in [4.78, 5) is 14.1. The van der Waals surface area contributed by atoms with Gasteiger partial charge in [-0.05, 0) is 25.3 Å². The summed E-state index contributed by atoms with van der Waals surface area (Å²) < 4.78 is 0. The second kappa shape index (κ2) is 7.41. The molecule has 1 saturated heterocycles. The van der Waals surface area contributed by atoms with Crippen LogP contribution in [0.2, 0.25) is 0 Å². The molecular formula is C16H25N3O. The molecule has 0 aromatic heterocycles. The summed E-state index contributed by atoms with van der Waals surface area (Å²) in [6.07, 6.45) is 2.47. The third-order valence-corrected chi connectivity index (χ3v) is 3.98. The number of carbonyl (C=O) groups excluding carboxylic acids is 1. The van der Waals surface area contributed by atoms with Gasteiger partial charge in [0.05, 0.1) is 0 Å². The van der Waals surface area contributed by atoms with E-state index in [0.29, 0.717) is 25.0 Å². The van der Waals surface area contributed by atoms with Gasteiger partial charge in [-0.1, -0.05) is 30.3 Å². The Bertz CT molecular complexity index is 421. The fourth-order valence-corrected chi connectivity index (χ4v) is 2.84. The predicted octanol–water partition coefficient (Wildman–Crippen LogP) is 1.50. The Kier molecular flexibility index (Phi) is 5.56. The molecule has 110 valence electrons. The van der Waals surface area contributed by atoms with Crippen LogP contribution in [0.15, 0.2) is 30.3 Å². The molecule has 2 atom stereocenters. The zero-order valence-corrected chi connectivity index (χ0v) is 12.2. The Morgan fingerprint density at radius 1 is 1.40 bits per heavy atom. The minimum atomic E-state index is 0.0845. The van der Waals surface area contributed by atoms with Crippen LogP contribution in [0.5, 0.6) is 0 Å². The smallest absolute Gasteiger partial charge is 0.221 e. The topological polar surface area (TPSA) is 58.4 Å². The molecule has 1 aliphatic rings. The van der Waals surface area contributed by atoms with E-state index in [1.54, 1.807) is 0 Å². The molecule has 0 radical (unpaired) electrons. The lowest BCUT2D eigenvalue weighted by molar-refractivity contribution is -0.122. The van der Waals surface area contributed by atoms with Crippen LogP contribution in [0.25, 0.3) is 0 Å².